The van der Waals surface area contributed by atoms with Crippen molar-refractivity contribution in [3.05, 3.63) is 120 Å². The van der Waals surface area contributed by atoms with Gasteiger partial charge in [-0.3, -0.25) is 19.5 Å². The summed E-state index contributed by atoms with van der Waals surface area (Å²) in [6.45, 7) is 0. The fourth-order valence-corrected chi connectivity index (χ4v) is 4.29. The molecule has 0 radical (unpaired) electrons. The molecule has 4 aromatic carbocycles. The van der Waals surface area contributed by atoms with Gasteiger partial charge in [-0.2, -0.15) is 0 Å². The Labute approximate surface area is 202 Å². The number of aromatic nitrogens is 2. The summed E-state index contributed by atoms with van der Waals surface area (Å²) in [6, 6.07) is 25.6. The number of nitro groups is 1. The van der Waals surface area contributed by atoms with Gasteiger partial charge in [0, 0.05) is 21.1 Å². The van der Waals surface area contributed by atoms with Crippen LogP contribution in [0.15, 0.2) is 89.7 Å². The van der Waals surface area contributed by atoms with E-state index in [0.717, 1.165) is 25.6 Å². The lowest BCUT2D eigenvalue weighted by molar-refractivity contribution is -0.384. The predicted molar refractivity (Wildman–Crippen MR) is 140 cm³/mol. The van der Waals surface area contributed by atoms with Crippen LogP contribution < -0.4 is 5.56 Å². The Kier molecular flexibility index (Phi) is 5.47. The molecule has 1 heterocycles. The maximum atomic E-state index is 13.7. The normalized spacial score (nSPS) is 11.4. The zero-order valence-electron chi connectivity index (χ0n) is 17.2. The van der Waals surface area contributed by atoms with Crippen molar-refractivity contribution < 1.29 is 4.92 Å². The summed E-state index contributed by atoms with van der Waals surface area (Å²) >= 11 is 2.19. The van der Waals surface area contributed by atoms with Gasteiger partial charge in [-0.15, -0.1) is 0 Å². The Bertz CT molecular complexity index is 1620. The van der Waals surface area contributed by atoms with Crippen molar-refractivity contribution in [2.75, 3.05) is 0 Å². The maximum absolute atomic E-state index is 13.7. The van der Waals surface area contributed by atoms with E-state index in [1.165, 1.54) is 12.1 Å². The first kappa shape index (κ1) is 21.0. The molecule has 33 heavy (non-hydrogen) atoms. The van der Waals surface area contributed by atoms with Crippen molar-refractivity contribution in [2.45, 2.75) is 0 Å². The first-order chi connectivity index (χ1) is 16.0. The summed E-state index contributed by atoms with van der Waals surface area (Å²) in [5.74, 6) is 0.475. The minimum atomic E-state index is -0.433. The zero-order valence-corrected chi connectivity index (χ0v) is 19.3. The topological polar surface area (TPSA) is 78.0 Å². The molecule has 160 valence electrons. The average molecular weight is 545 g/mol. The summed E-state index contributed by atoms with van der Waals surface area (Å²) in [4.78, 5) is 29.0. The summed E-state index contributed by atoms with van der Waals surface area (Å²) in [6.07, 6.45) is 3.56. The number of non-ortho nitro benzene ring substituents is 1. The molecular weight excluding hydrogens is 529 g/mol. The lowest BCUT2D eigenvalue weighted by Crippen LogP contribution is -2.22. The molecule has 0 atom stereocenters. The molecule has 5 aromatic rings. The lowest BCUT2D eigenvalue weighted by atomic mass is 10.1. The SMILES string of the molecule is O=c1c2cc(I)ccc2nc(/C=C/c2ccc([N+](=O)[O-])cc2)n1-c1cccc2ccccc12. The van der Waals surface area contributed by atoms with E-state index in [4.69, 9.17) is 4.98 Å². The molecule has 0 saturated heterocycles. The summed E-state index contributed by atoms with van der Waals surface area (Å²) in [5, 5.41) is 13.4. The molecule has 0 unspecified atom stereocenters. The predicted octanol–water partition coefficient (Wildman–Crippen LogP) is 6.22. The molecule has 7 heteroatoms. The smallest absolute Gasteiger partial charge is 0.268 e. The lowest BCUT2D eigenvalue weighted by Gasteiger charge is -2.14. The standard InChI is InChI=1S/C26H16IN3O3/c27-19-11-14-23-22(16-19)26(31)29(24-7-3-5-18-4-1-2-6-21(18)24)25(28-23)15-10-17-8-12-20(13-9-17)30(32)33/h1-16H/b15-10+. The minimum absolute atomic E-state index is 0.0262. The Morgan fingerprint density at radius 1 is 0.879 bits per heavy atom. The molecule has 0 aliphatic rings. The van der Waals surface area contributed by atoms with E-state index in [2.05, 4.69) is 22.6 Å². The number of fused-ring (bicyclic) bond motifs is 2. The summed E-state index contributed by atoms with van der Waals surface area (Å²) in [5.41, 5.74) is 1.99. The van der Waals surface area contributed by atoms with Crippen LogP contribution in [-0.2, 0) is 0 Å². The molecule has 0 saturated carbocycles. The van der Waals surface area contributed by atoms with E-state index in [1.54, 1.807) is 28.9 Å². The molecule has 6 nitrogen and oxygen atoms in total. The number of hydrogen-bond donors (Lipinski definition) is 0. The molecule has 0 N–H and O–H groups in total. The Morgan fingerprint density at radius 3 is 2.42 bits per heavy atom. The Morgan fingerprint density at radius 2 is 1.64 bits per heavy atom. The van der Waals surface area contributed by atoms with E-state index in [9.17, 15) is 14.9 Å². The van der Waals surface area contributed by atoms with Crippen molar-refractivity contribution in [3.63, 3.8) is 0 Å². The first-order valence-electron chi connectivity index (χ1n) is 10.1. The number of hydrogen-bond acceptors (Lipinski definition) is 4. The van der Waals surface area contributed by atoms with Crippen LogP contribution in [0.5, 0.6) is 0 Å². The third kappa shape index (κ3) is 4.03. The summed E-state index contributed by atoms with van der Waals surface area (Å²) in [7, 11) is 0. The van der Waals surface area contributed by atoms with E-state index >= 15 is 0 Å². The highest BCUT2D eigenvalue weighted by molar-refractivity contribution is 14.1. The van der Waals surface area contributed by atoms with Gasteiger partial charge in [0.05, 0.1) is 21.5 Å². The van der Waals surface area contributed by atoms with Crippen LogP contribution >= 0.6 is 22.6 Å². The van der Waals surface area contributed by atoms with Crippen LogP contribution in [0.25, 0.3) is 39.5 Å². The highest BCUT2D eigenvalue weighted by Gasteiger charge is 2.14. The van der Waals surface area contributed by atoms with Crippen LogP contribution in [0.2, 0.25) is 0 Å². The summed E-state index contributed by atoms with van der Waals surface area (Å²) < 4.78 is 2.58. The van der Waals surface area contributed by atoms with E-state index in [0.29, 0.717) is 16.7 Å². The second-order valence-electron chi connectivity index (χ2n) is 7.45. The second-order valence-corrected chi connectivity index (χ2v) is 8.70. The van der Waals surface area contributed by atoms with Gasteiger partial charge < -0.3 is 0 Å². The third-order valence-corrected chi connectivity index (χ3v) is 6.06. The van der Waals surface area contributed by atoms with Crippen molar-refractivity contribution in [3.8, 4) is 5.69 Å². The fraction of sp³-hybridized carbons (Fsp3) is 0. The highest BCUT2D eigenvalue weighted by atomic mass is 127. The molecule has 5 rings (SSSR count). The van der Waals surface area contributed by atoms with Crippen LogP contribution in [0, 0.1) is 13.7 Å². The molecule has 1 aromatic heterocycles. The van der Waals surface area contributed by atoms with Crippen molar-refractivity contribution >= 4 is 62.1 Å². The fourth-order valence-electron chi connectivity index (χ4n) is 3.80. The van der Waals surface area contributed by atoms with E-state index < -0.39 is 4.92 Å². The van der Waals surface area contributed by atoms with Crippen LogP contribution in [0.1, 0.15) is 11.4 Å². The van der Waals surface area contributed by atoms with Crippen LogP contribution in [-0.4, -0.2) is 14.5 Å². The van der Waals surface area contributed by atoms with Crippen molar-refractivity contribution in [2.24, 2.45) is 0 Å². The monoisotopic (exact) mass is 545 g/mol. The van der Waals surface area contributed by atoms with Gasteiger partial charge >= 0.3 is 0 Å². The van der Waals surface area contributed by atoms with Gasteiger partial charge in [0.15, 0.2) is 0 Å². The molecule has 0 amide bonds. The maximum Gasteiger partial charge on any atom is 0.269 e. The largest absolute Gasteiger partial charge is 0.269 e. The molecule has 0 fully saturated rings. The molecular formula is C26H16IN3O3. The Balaban J connectivity index is 1.75. The highest BCUT2D eigenvalue weighted by Crippen LogP contribution is 2.24. The number of halogens is 1. The molecule has 0 aliphatic carbocycles. The molecule has 0 bridgehead atoms. The van der Waals surface area contributed by atoms with E-state index in [-0.39, 0.29) is 11.2 Å². The molecule has 0 aliphatic heterocycles. The van der Waals surface area contributed by atoms with Crippen LogP contribution in [0.3, 0.4) is 0 Å². The van der Waals surface area contributed by atoms with Gasteiger partial charge in [0.25, 0.3) is 11.2 Å². The van der Waals surface area contributed by atoms with Crippen molar-refractivity contribution in [1.82, 2.24) is 9.55 Å². The number of benzene rings is 4. The third-order valence-electron chi connectivity index (χ3n) is 5.39. The second kappa shape index (κ2) is 8.59. The van der Waals surface area contributed by atoms with Gasteiger partial charge in [-0.25, -0.2) is 4.98 Å². The number of nitro benzene ring substituents is 1. The van der Waals surface area contributed by atoms with Gasteiger partial charge in [-0.05, 0) is 76.0 Å². The quantitative estimate of drug-likeness (QED) is 0.153. The number of nitrogens with zero attached hydrogens (tertiary/aromatic N) is 3. The van der Waals surface area contributed by atoms with Gasteiger partial charge in [0.2, 0.25) is 0 Å². The average Bonchev–Trinajstić information content (AvgIpc) is 2.83. The molecule has 0 spiro atoms. The Hall–Kier alpha value is -3.85. The van der Waals surface area contributed by atoms with Gasteiger partial charge in [0.1, 0.15) is 5.82 Å². The van der Waals surface area contributed by atoms with E-state index in [1.807, 2.05) is 60.7 Å². The van der Waals surface area contributed by atoms with Crippen molar-refractivity contribution in [1.29, 1.82) is 0 Å². The zero-order chi connectivity index (χ0) is 22.9. The van der Waals surface area contributed by atoms with Gasteiger partial charge in [-0.1, -0.05) is 42.5 Å². The van der Waals surface area contributed by atoms with Crippen LogP contribution in [0.4, 0.5) is 5.69 Å². The minimum Gasteiger partial charge on any atom is -0.268 e. The first-order valence-corrected chi connectivity index (χ1v) is 11.2. The number of rotatable bonds is 4.